The Balaban J connectivity index is 3.24. The average Bonchev–Trinajstić information content (AvgIpc) is 2.20. The lowest BCUT2D eigenvalue weighted by Gasteiger charge is -2.04. The Morgan fingerprint density at radius 3 is 2.43 bits per heavy atom. The van der Waals surface area contributed by atoms with Gasteiger partial charge in [0.15, 0.2) is 0 Å². The summed E-state index contributed by atoms with van der Waals surface area (Å²) < 4.78 is 0. The minimum absolute atomic E-state index is 0.538. The third-order valence-corrected chi connectivity index (χ3v) is 2.76. The second-order valence-corrected chi connectivity index (χ2v) is 3.73. The van der Waals surface area contributed by atoms with Gasteiger partial charge in [0, 0.05) is 5.57 Å². The summed E-state index contributed by atoms with van der Waals surface area (Å²) in [6.45, 7) is 5.80. The van der Waals surface area contributed by atoms with E-state index in [0.29, 0.717) is 10.6 Å². The number of allylic oxidation sites excluding steroid dienone is 1. The van der Waals surface area contributed by atoms with Crippen molar-refractivity contribution in [3.8, 4) is 6.07 Å². The maximum Gasteiger partial charge on any atom is 0.0959 e. The van der Waals surface area contributed by atoms with Gasteiger partial charge in [-0.2, -0.15) is 5.26 Å². The molecule has 0 saturated carbocycles. The van der Waals surface area contributed by atoms with Crippen molar-refractivity contribution in [3.05, 3.63) is 40.5 Å². The fourth-order valence-electron chi connectivity index (χ4n) is 1.14. The van der Waals surface area contributed by atoms with Crippen molar-refractivity contribution in [2.75, 3.05) is 0 Å². The van der Waals surface area contributed by atoms with Crippen molar-refractivity contribution in [1.82, 2.24) is 0 Å². The van der Waals surface area contributed by atoms with Crippen LogP contribution in [0.3, 0.4) is 0 Å². The van der Waals surface area contributed by atoms with Crippen LogP contribution in [0.5, 0.6) is 0 Å². The smallest absolute Gasteiger partial charge is 0.0959 e. The molecule has 0 aliphatic carbocycles. The monoisotopic (exact) mass is 205 g/mol. The lowest BCUT2D eigenvalue weighted by Crippen LogP contribution is -1.85. The number of hydrogen-bond acceptors (Lipinski definition) is 1. The van der Waals surface area contributed by atoms with Crippen molar-refractivity contribution < 1.29 is 0 Å². The van der Waals surface area contributed by atoms with E-state index in [1.54, 1.807) is 6.92 Å². The first-order valence-corrected chi connectivity index (χ1v) is 4.78. The summed E-state index contributed by atoms with van der Waals surface area (Å²) >= 11 is 6.04. The summed E-state index contributed by atoms with van der Waals surface area (Å²) in [6.07, 6.45) is 0. The molecule has 0 bridgehead atoms. The summed E-state index contributed by atoms with van der Waals surface area (Å²) in [7, 11) is 0. The molecule has 0 heterocycles. The van der Waals surface area contributed by atoms with Crippen molar-refractivity contribution >= 4 is 16.6 Å². The average molecular weight is 206 g/mol. The number of halogens is 1. The molecule has 0 atom stereocenters. The van der Waals surface area contributed by atoms with E-state index in [2.05, 4.69) is 0 Å². The summed E-state index contributed by atoms with van der Waals surface area (Å²) in [6, 6.07) is 7.99. The molecular weight excluding hydrogens is 194 g/mol. The maximum atomic E-state index is 8.70. The second-order valence-electron chi connectivity index (χ2n) is 3.35. The van der Waals surface area contributed by atoms with Crippen molar-refractivity contribution in [2.24, 2.45) is 0 Å². The van der Waals surface area contributed by atoms with Crippen LogP contribution >= 0.6 is 11.6 Å². The fraction of sp³-hybridized carbons (Fsp3) is 0.250. The van der Waals surface area contributed by atoms with Crippen LogP contribution in [0.25, 0.3) is 5.03 Å². The second kappa shape index (κ2) is 4.30. The zero-order valence-corrected chi connectivity index (χ0v) is 9.31. The molecule has 0 saturated heterocycles. The molecule has 1 rings (SSSR count). The van der Waals surface area contributed by atoms with Crippen LogP contribution in [-0.2, 0) is 0 Å². The van der Waals surface area contributed by atoms with Gasteiger partial charge in [-0.25, -0.2) is 0 Å². The normalized spacial score (nSPS) is 11.9. The van der Waals surface area contributed by atoms with Crippen molar-refractivity contribution in [3.63, 3.8) is 0 Å². The zero-order valence-electron chi connectivity index (χ0n) is 8.56. The van der Waals surface area contributed by atoms with Crippen LogP contribution in [0.2, 0.25) is 0 Å². The Hall–Kier alpha value is -1.26. The predicted molar refractivity (Wildman–Crippen MR) is 60.0 cm³/mol. The van der Waals surface area contributed by atoms with E-state index < -0.39 is 0 Å². The highest BCUT2D eigenvalue weighted by Crippen LogP contribution is 2.24. The molecule has 14 heavy (non-hydrogen) atoms. The van der Waals surface area contributed by atoms with Crippen LogP contribution < -0.4 is 0 Å². The van der Waals surface area contributed by atoms with Crippen molar-refractivity contribution in [2.45, 2.75) is 20.8 Å². The van der Waals surface area contributed by atoms with E-state index in [1.165, 1.54) is 11.1 Å². The van der Waals surface area contributed by atoms with Gasteiger partial charge in [-0.1, -0.05) is 29.8 Å². The quantitative estimate of drug-likeness (QED) is 0.640. The topological polar surface area (TPSA) is 23.8 Å². The summed E-state index contributed by atoms with van der Waals surface area (Å²) in [5, 5.41) is 9.24. The Morgan fingerprint density at radius 2 is 1.93 bits per heavy atom. The lowest BCUT2D eigenvalue weighted by molar-refractivity contribution is 1.33. The van der Waals surface area contributed by atoms with Gasteiger partial charge in [0.1, 0.15) is 0 Å². The van der Waals surface area contributed by atoms with E-state index in [4.69, 9.17) is 16.9 Å². The third-order valence-electron chi connectivity index (χ3n) is 2.26. The standard InChI is InChI=1S/C12H12ClN/c1-8-4-5-11(6-9(8)2)12(13)10(3)7-14/h4-6H,1-3H3/b12-10-. The van der Waals surface area contributed by atoms with Gasteiger partial charge in [-0.15, -0.1) is 0 Å². The SMILES string of the molecule is C/C(C#N)=C(/Cl)c1ccc(C)c(C)c1. The molecule has 1 aromatic rings. The highest BCUT2D eigenvalue weighted by atomic mass is 35.5. The van der Waals surface area contributed by atoms with Gasteiger partial charge < -0.3 is 0 Å². The minimum atomic E-state index is 0.538. The van der Waals surface area contributed by atoms with E-state index in [1.807, 2.05) is 38.1 Å². The first-order chi connectivity index (χ1) is 6.56. The Morgan fingerprint density at radius 1 is 1.29 bits per heavy atom. The number of rotatable bonds is 1. The number of nitriles is 1. The molecule has 0 aliphatic heterocycles. The van der Waals surface area contributed by atoms with E-state index >= 15 is 0 Å². The summed E-state index contributed by atoms with van der Waals surface area (Å²) in [5.41, 5.74) is 3.88. The maximum absolute atomic E-state index is 8.70. The van der Waals surface area contributed by atoms with Gasteiger partial charge in [0.25, 0.3) is 0 Å². The van der Waals surface area contributed by atoms with Gasteiger partial charge in [-0.05, 0) is 37.5 Å². The van der Waals surface area contributed by atoms with E-state index in [-0.39, 0.29) is 0 Å². The first kappa shape index (κ1) is 10.8. The van der Waals surface area contributed by atoms with E-state index in [9.17, 15) is 0 Å². The molecule has 2 heteroatoms. The Bertz CT molecular complexity index is 424. The van der Waals surface area contributed by atoms with Crippen LogP contribution in [0.4, 0.5) is 0 Å². The predicted octanol–water partition coefficient (Wildman–Crippen LogP) is 3.80. The van der Waals surface area contributed by atoms with E-state index in [0.717, 1.165) is 5.56 Å². The molecule has 0 N–H and O–H groups in total. The number of nitrogens with zero attached hydrogens (tertiary/aromatic N) is 1. The summed E-state index contributed by atoms with van der Waals surface area (Å²) in [5.74, 6) is 0. The molecule has 0 unspecified atom stereocenters. The number of benzene rings is 1. The molecule has 72 valence electrons. The number of hydrogen-bond donors (Lipinski definition) is 0. The van der Waals surface area contributed by atoms with Gasteiger partial charge in [0.2, 0.25) is 0 Å². The molecule has 0 aliphatic rings. The molecule has 0 fully saturated rings. The summed E-state index contributed by atoms with van der Waals surface area (Å²) in [4.78, 5) is 0. The van der Waals surface area contributed by atoms with Crippen LogP contribution in [-0.4, -0.2) is 0 Å². The van der Waals surface area contributed by atoms with Gasteiger partial charge in [0.05, 0.1) is 11.1 Å². The molecule has 1 nitrogen and oxygen atoms in total. The highest BCUT2D eigenvalue weighted by molar-refractivity contribution is 6.49. The van der Waals surface area contributed by atoms with Crippen LogP contribution in [0.1, 0.15) is 23.6 Å². The Kier molecular flexibility index (Phi) is 3.33. The third kappa shape index (κ3) is 2.16. The first-order valence-electron chi connectivity index (χ1n) is 4.40. The highest BCUT2D eigenvalue weighted by Gasteiger charge is 2.03. The van der Waals surface area contributed by atoms with Gasteiger partial charge in [-0.3, -0.25) is 0 Å². The number of aryl methyl sites for hydroxylation is 2. The molecular formula is C12H12ClN. The largest absolute Gasteiger partial charge is 0.193 e. The van der Waals surface area contributed by atoms with Gasteiger partial charge >= 0.3 is 0 Å². The zero-order chi connectivity index (χ0) is 10.7. The molecule has 1 aromatic carbocycles. The minimum Gasteiger partial charge on any atom is -0.193 e. The lowest BCUT2D eigenvalue weighted by atomic mass is 10.0. The fourth-order valence-corrected chi connectivity index (χ4v) is 1.30. The van der Waals surface area contributed by atoms with Crippen LogP contribution in [0.15, 0.2) is 23.8 Å². The van der Waals surface area contributed by atoms with Crippen molar-refractivity contribution in [1.29, 1.82) is 5.26 Å². The molecule has 0 aromatic heterocycles. The molecule has 0 spiro atoms. The van der Waals surface area contributed by atoms with Crippen LogP contribution in [0, 0.1) is 25.2 Å². The Labute approximate surface area is 89.6 Å². The molecule has 0 amide bonds. The molecule has 0 radical (unpaired) electrons.